The number of carbonyl (C=O) groups is 1. The van der Waals surface area contributed by atoms with Gasteiger partial charge in [0.2, 0.25) is 5.91 Å². The lowest BCUT2D eigenvalue weighted by Gasteiger charge is -2.35. The maximum Gasteiger partial charge on any atom is 0.224 e. The first-order valence-electron chi connectivity index (χ1n) is 10.4. The molecule has 0 spiro atoms. The minimum absolute atomic E-state index is 0.0901. The van der Waals surface area contributed by atoms with Crippen LogP contribution in [0, 0.1) is 25.7 Å². The minimum Gasteiger partial charge on any atom is -0.379 e. The molecule has 1 amide bonds. The molecule has 6 nitrogen and oxygen atoms in total. The molecule has 1 fully saturated rings. The minimum atomic E-state index is 0.0901. The van der Waals surface area contributed by atoms with E-state index in [1.165, 1.54) is 0 Å². The molecule has 0 bridgehead atoms. The van der Waals surface area contributed by atoms with Crippen LogP contribution in [0.2, 0.25) is 0 Å². The van der Waals surface area contributed by atoms with Crippen molar-refractivity contribution in [2.75, 3.05) is 32.8 Å². The molecule has 27 heavy (non-hydrogen) atoms. The molecule has 1 aliphatic rings. The van der Waals surface area contributed by atoms with E-state index in [0.29, 0.717) is 30.8 Å². The highest BCUT2D eigenvalue weighted by Gasteiger charge is 2.23. The lowest BCUT2D eigenvalue weighted by atomic mass is 10.0. The van der Waals surface area contributed by atoms with Crippen molar-refractivity contribution in [2.24, 2.45) is 11.8 Å². The number of ether oxygens (including phenoxy) is 1. The molecule has 1 N–H and O–H groups in total. The zero-order valence-electron chi connectivity index (χ0n) is 18.0. The molecular formula is C21H38N4O2. The van der Waals surface area contributed by atoms with Gasteiger partial charge in [-0.1, -0.05) is 27.7 Å². The maximum atomic E-state index is 12.6. The highest BCUT2D eigenvalue weighted by molar-refractivity contribution is 5.79. The van der Waals surface area contributed by atoms with Gasteiger partial charge in [-0.3, -0.25) is 14.4 Å². The smallest absolute Gasteiger partial charge is 0.224 e. The van der Waals surface area contributed by atoms with Gasteiger partial charge < -0.3 is 10.1 Å². The Labute approximate surface area is 164 Å². The van der Waals surface area contributed by atoms with Gasteiger partial charge in [0.1, 0.15) is 0 Å². The van der Waals surface area contributed by atoms with E-state index in [4.69, 9.17) is 4.74 Å². The van der Waals surface area contributed by atoms with Crippen molar-refractivity contribution in [2.45, 2.75) is 67.0 Å². The average molecular weight is 379 g/mol. The van der Waals surface area contributed by atoms with Crippen molar-refractivity contribution in [3.63, 3.8) is 0 Å². The zero-order valence-corrected chi connectivity index (χ0v) is 18.0. The Morgan fingerprint density at radius 2 is 1.81 bits per heavy atom. The molecule has 2 heterocycles. The summed E-state index contributed by atoms with van der Waals surface area (Å²) in [5.41, 5.74) is 3.15. The van der Waals surface area contributed by atoms with Gasteiger partial charge in [0.15, 0.2) is 0 Å². The fraction of sp³-hybridized carbons (Fsp3) is 0.810. The van der Waals surface area contributed by atoms with Crippen LogP contribution in [0.15, 0.2) is 0 Å². The molecule has 1 aromatic rings. The first-order valence-corrected chi connectivity index (χ1v) is 10.4. The topological polar surface area (TPSA) is 59.4 Å². The number of aryl methyl sites for hydroxylation is 1. The standard InChI is InChI=1S/C21H38N4O2/c1-15(2)11-19(24-7-9-27-10-8-24)13-22-21(26)12-20-17(5)23-25(18(20)6)14-16(3)4/h15-16,19H,7-14H2,1-6H3,(H,22,26). The van der Waals surface area contributed by atoms with E-state index in [9.17, 15) is 4.79 Å². The molecule has 154 valence electrons. The third-order valence-electron chi connectivity index (χ3n) is 5.25. The second-order valence-corrected chi connectivity index (χ2v) is 8.64. The predicted octanol–water partition coefficient (Wildman–Crippen LogP) is 2.56. The van der Waals surface area contributed by atoms with Crippen LogP contribution in [0.3, 0.4) is 0 Å². The zero-order chi connectivity index (χ0) is 20.0. The number of aromatic nitrogens is 2. The Morgan fingerprint density at radius 3 is 2.41 bits per heavy atom. The third kappa shape index (κ3) is 6.61. The monoisotopic (exact) mass is 378 g/mol. The summed E-state index contributed by atoms with van der Waals surface area (Å²) < 4.78 is 7.52. The Kier molecular flexibility index (Phi) is 8.29. The number of hydrogen-bond acceptors (Lipinski definition) is 4. The number of rotatable bonds is 9. The number of hydrogen-bond donors (Lipinski definition) is 1. The Balaban J connectivity index is 1.94. The maximum absolute atomic E-state index is 12.6. The van der Waals surface area contributed by atoms with Gasteiger partial charge in [-0.05, 0) is 32.1 Å². The summed E-state index contributed by atoms with van der Waals surface area (Å²) in [7, 11) is 0. The van der Waals surface area contributed by atoms with Crippen molar-refractivity contribution >= 4 is 5.91 Å². The van der Waals surface area contributed by atoms with Gasteiger partial charge in [0, 0.05) is 43.5 Å². The van der Waals surface area contributed by atoms with Crippen LogP contribution >= 0.6 is 0 Å². The molecule has 0 aliphatic carbocycles. The first kappa shape index (κ1) is 21.9. The van der Waals surface area contributed by atoms with Crippen LogP contribution < -0.4 is 5.32 Å². The van der Waals surface area contributed by atoms with E-state index in [1.54, 1.807) is 0 Å². The number of nitrogens with zero attached hydrogens (tertiary/aromatic N) is 3. The fourth-order valence-corrected chi connectivity index (χ4v) is 3.82. The Hall–Kier alpha value is -1.40. The molecular weight excluding hydrogens is 340 g/mol. The van der Waals surface area contributed by atoms with Crippen LogP contribution in [0.5, 0.6) is 0 Å². The largest absolute Gasteiger partial charge is 0.379 e. The molecule has 0 radical (unpaired) electrons. The van der Waals surface area contributed by atoms with E-state index < -0.39 is 0 Å². The van der Waals surface area contributed by atoms with Crippen molar-refractivity contribution in [1.82, 2.24) is 20.0 Å². The number of carbonyl (C=O) groups excluding carboxylic acids is 1. The summed E-state index contributed by atoms with van der Waals surface area (Å²) in [4.78, 5) is 15.1. The Morgan fingerprint density at radius 1 is 1.15 bits per heavy atom. The second-order valence-electron chi connectivity index (χ2n) is 8.64. The summed E-state index contributed by atoms with van der Waals surface area (Å²) in [6.45, 7) is 18.0. The van der Waals surface area contributed by atoms with Crippen LogP contribution in [0.4, 0.5) is 0 Å². The summed E-state index contributed by atoms with van der Waals surface area (Å²) in [5, 5.41) is 7.81. The number of morpholine rings is 1. The van der Waals surface area contributed by atoms with Crippen LogP contribution in [-0.2, 0) is 22.5 Å². The first-order chi connectivity index (χ1) is 12.8. The fourth-order valence-electron chi connectivity index (χ4n) is 3.82. The summed E-state index contributed by atoms with van der Waals surface area (Å²) >= 11 is 0. The predicted molar refractivity (Wildman–Crippen MR) is 109 cm³/mol. The highest BCUT2D eigenvalue weighted by Crippen LogP contribution is 2.16. The van der Waals surface area contributed by atoms with Gasteiger partial charge in [-0.15, -0.1) is 0 Å². The summed E-state index contributed by atoms with van der Waals surface area (Å²) in [6.07, 6.45) is 1.50. The van der Waals surface area contributed by atoms with Crippen molar-refractivity contribution in [1.29, 1.82) is 0 Å². The molecule has 0 aromatic carbocycles. The van der Waals surface area contributed by atoms with Crippen molar-refractivity contribution in [3.05, 3.63) is 17.0 Å². The number of nitrogens with one attached hydrogen (secondary N) is 1. The highest BCUT2D eigenvalue weighted by atomic mass is 16.5. The van der Waals surface area contributed by atoms with Gasteiger partial charge in [0.25, 0.3) is 0 Å². The van der Waals surface area contributed by atoms with Gasteiger partial charge in [-0.25, -0.2) is 0 Å². The Bertz CT molecular complexity index is 604. The second kappa shape index (κ2) is 10.2. The third-order valence-corrected chi connectivity index (χ3v) is 5.25. The van der Waals surface area contributed by atoms with Crippen molar-refractivity contribution < 1.29 is 9.53 Å². The van der Waals surface area contributed by atoms with Gasteiger partial charge in [-0.2, -0.15) is 5.10 Å². The molecule has 0 saturated carbocycles. The van der Waals surface area contributed by atoms with E-state index in [1.807, 2.05) is 11.6 Å². The lowest BCUT2D eigenvalue weighted by Crippen LogP contribution is -2.49. The molecule has 1 saturated heterocycles. The average Bonchev–Trinajstić information content (AvgIpc) is 2.86. The van der Waals surface area contributed by atoms with Crippen LogP contribution in [0.1, 0.15) is 51.1 Å². The van der Waals surface area contributed by atoms with E-state index in [2.05, 4.69) is 49.9 Å². The molecule has 1 aliphatic heterocycles. The van der Waals surface area contributed by atoms with Crippen molar-refractivity contribution in [3.8, 4) is 0 Å². The van der Waals surface area contributed by atoms with E-state index in [0.717, 1.165) is 56.2 Å². The lowest BCUT2D eigenvalue weighted by molar-refractivity contribution is -0.120. The van der Waals surface area contributed by atoms with E-state index in [-0.39, 0.29) is 5.91 Å². The summed E-state index contributed by atoms with van der Waals surface area (Å²) in [6, 6.07) is 0.378. The molecule has 1 unspecified atom stereocenters. The molecule has 6 heteroatoms. The van der Waals surface area contributed by atoms with Crippen LogP contribution in [-0.4, -0.2) is 59.5 Å². The molecule has 1 atom stereocenters. The normalized spacial score (nSPS) is 16.9. The molecule has 1 aromatic heterocycles. The van der Waals surface area contributed by atoms with Gasteiger partial charge >= 0.3 is 0 Å². The molecule has 2 rings (SSSR count). The van der Waals surface area contributed by atoms with Gasteiger partial charge in [0.05, 0.1) is 25.3 Å². The van der Waals surface area contributed by atoms with E-state index >= 15 is 0 Å². The SMILES string of the molecule is Cc1nn(CC(C)C)c(C)c1CC(=O)NCC(CC(C)C)N1CCOCC1. The van der Waals surface area contributed by atoms with Crippen LogP contribution in [0.25, 0.3) is 0 Å². The summed E-state index contributed by atoms with van der Waals surface area (Å²) in [5.74, 6) is 1.23. The quantitative estimate of drug-likeness (QED) is 0.717. The number of amides is 1.